The quantitative estimate of drug-likeness (QED) is 0.802. The number of rotatable bonds is 4. The van der Waals surface area contributed by atoms with Gasteiger partial charge < -0.3 is 5.32 Å². The van der Waals surface area contributed by atoms with Gasteiger partial charge in [0.1, 0.15) is 0 Å². The Hall–Kier alpha value is -3.02. The minimum atomic E-state index is -0.150. The second kappa shape index (κ2) is 6.39. The van der Waals surface area contributed by atoms with Crippen molar-refractivity contribution in [3.63, 3.8) is 0 Å². The summed E-state index contributed by atoms with van der Waals surface area (Å²) in [6, 6.07) is 15.3. The van der Waals surface area contributed by atoms with Crippen LogP contribution in [-0.4, -0.2) is 26.1 Å². The Bertz CT molecular complexity index is 806. The zero-order valence-corrected chi connectivity index (χ0v) is 13.0. The molecule has 0 saturated carbocycles. The van der Waals surface area contributed by atoms with E-state index in [0.29, 0.717) is 11.4 Å². The van der Waals surface area contributed by atoms with Crippen molar-refractivity contribution in [2.24, 2.45) is 0 Å². The standard InChI is InChI=1S/C17H17N5O/c1-12-3-7-14(8-4-12)17(23)18-11-16-19-20-21-22(16)15-9-5-13(2)6-10-15/h3-10H,11H2,1-2H3,(H,18,23). The van der Waals surface area contributed by atoms with Crippen molar-refractivity contribution in [1.29, 1.82) is 0 Å². The molecule has 0 aliphatic carbocycles. The summed E-state index contributed by atoms with van der Waals surface area (Å²) in [5.74, 6) is 0.428. The first-order valence-electron chi connectivity index (χ1n) is 7.32. The van der Waals surface area contributed by atoms with E-state index in [2.05, 4.69) is 20.8 Å². The number of benzene rings is 2. The van der Waals surface area contributed by atoms with Crippen molar-refractivity contribution < 1.29 is 4.79 Å². The van der Waals surface area contributed by atoms with Crippen LogP contribution in [0, 0.1) is 13.8 Å². The maximum absolute atomic E-state index is 12.2. The van der Waals surface area contributed by atoms with Gasteiger partial charge in [0, 0.05) is 5.56 Å². The van der Waals surface area contributed by atoms with E-state index in [9.17, 15) is 4.79 Å². The minimum Gasteiger partial charge on any atom is -0.345 e. The van der Waals surface area contributed by atoms with Crippen LogP contribution in [0.15, 0.2) is 48.5 Å². The van der Waals surface area contributed by atoms with Crippen molar-refractivity contribution in [1.82, 2.24) is 25.5 Å². The van der Waals surface area contributed by atoms with Gasteiger partial charge in [-0.15, -0.1) is 5.10 Å². The lowest BCUT2D eigenvalue weighted by atomic mass is 10.1. The number of amides is 1. The third kappa shape index (κ3) is 3.42. The molecule has 1 N–H and O–H groups in total. The van der Waals surface area contributed by atoms with Crippen LogP contribution in [0.2, 0.25) is 0 Å². The molecule has 0 radical (unpaired) electrons. The van der Waals surface area contributed by atoms with Gasteiger partial charge in [-0.25, -0.2) is 0 Å². The van der Waals surface area contributed by atoms with E-state index >= 15 is 0 Å². The molecule has 6 nitrogen and oxygen atoms in total. The first-order valence-corrected chi connectivity index (χ1v) is 7.32. The van der Waals surface area contributed by atoms with E-state index in [0.717, 1.165) is 16.8 Å². The average Bonchev–Trinajstić information content (AvgIpc) is 3.02. The van der Waals surface area contributed by atoms with Gasteiger partial charge in [-0.3, -0.25) is 4.79 Å². The maximum Gasteiger partial charge on any atom is 0.251 e. The van der Waals surface area contributed by atoms with E-state index in [1.165, 1.54) is 0 Å². The fourth-order valence-electron chi connectivity index (χ4n) is 2.17. The smallest absolute Gasteiger partial charge is 0.251 e. The monoisotopic (exact) mass is 307 g/mol. The summed E-state index contributed by atoms with van der Waals surface area (Å²) in [6.07, 6.45) is 0. The van der Waals surface area contributed by atoms with Gasteiger partial charge >= 0.3 is 0 Å². The summed E-state index contributed by atoms with van der Waals surface area (Å²) in [6.45, 7) is 4.26. The largest absolute Gasteiger partial charge is 0.345 e. The second-order valence-corrected chi connectivity index (χ2v) is 5.39. The molecular formula is C17H17N5O. The number of hydrogen-bond acceptors (Lipinski definition) is 4. The van der Waals surface area contributed by atoms with Crippen LogP contribution < -0.4 is 5.32 Å². The fourth-order valence-corrected chi connectivity index (χ4v) is 2.17. The predicted octanol–water partition coefficient (Wildman–Crippen LogP) is 2.21. The van der Waals surface area contributed by atoms with Gasteiger partial charge in [0.05, 0.1) is 12.2 Å². The van der Waals surface area contributed by atoms with Gasteiger partial charge in [0.15, 0.2) is 5.82 Å². The lowest BCUT2D eigenvalue weighted by Gasteiger charge is -2.07. The number of hydrogen-bond donors (Lipinski definition) is 1. The molecule has 0 fully saturated rings. The number of nitrogens with one attached hydrogen (secondary N) is 1. The summed E-state index contributed by atoms with van der Waals surface area (Å²) in [5, 5.41) is 14.5. The topological polar surface area (TPSA) is 72.7 Å². The zero-order valence-electron chi connectivity index (χ0n) is 13.0. The first-order chi connectivity index (χ1) is 11.1. The van der Waals surface area contributed by atoms with Crippen LogP contribution >= 0.6 is 0 Å². The molecule has 1 heterocycles. The summed E-state index contributed by atoms with van der Waals surface area (Å²) < 4.78 is 1.62. The summed E-state index contributed by atoms with van der Waals surface area (Å²) in [4.78, 5) is 12.2. The Balaban J connectivity index is 1.72. The van der Waals surface area contributed by atoms with Gasteiger partial charge in [-0.1, -0.05) is 35.4 Å². The molecule has 0 aliphatic heterocycles. The summed E-state index contributed by atoms with van der Waals surface area (Å²) >= 11 is 0. The Labute approximate surface area is 134 Å². The molecule has 0 spiro atoms. The Morgan fingerprint density at radius 3 is 2.26 bits per heavy atom. The molecule has 0 unspecified atom stereocenters. The normalized spacial score (nSPS) is 10.5. The molecule has 0 saturated heterocycles. The summed E-state index contributed by atoms with van der Waals surface area (Å²) in [5.41, 5.74) is 3.76. The number of carbonyl (C=O) groups excluding carboxylic acids is 1. The molecule has 2 aromatic carbocycles. The van der Waals surface area contributed by atoms with E-state index in [4.69, 9.17) is 0 Å². The third-order valence-electron chi connectivity index (χ3n) is 3.53. The summed E-state index contributed by atoms with van der Waals surface area (Å²) in [7, 11) is 0. The van der Waals surface area contributed by atoms with Crippen molar-refractivity contribution in [2.75, 3.05) is 0 Å². The third-order valence-corrected chi connectivity index (χ3v) is 3.53. The van der Waals surface area contributed by atoms with Gasteiger partial charge in [0.2, 0.25) is 0 Å². The van der Waals surface area contributed by atoms with Crippen LogP contribution in [0.4, 0.5) is 0 Å². The van der Waals surface area contributed by atoms with Crippen LogP contribution in [-0.2, 0) is 6.54 Å². The van der Waals surface area contributed by atoms with Crippen molar-refractivity contribution in [3.8, 4) is 5.69 Å². The Morgan fingerprint density at radius 2 is 1.61 bits per heavy atom. The SMILES string of the molecule is Cc1ccc(C(=O)NCc2nnnn2-c2ccc(C)cc2)cc1. The van der Waals surface area contributed by atoms with E-state index in [1.807, 2.05) is 50.2 Å². The zero-order chi connectivity index (χ0) is 16.2. The molecule has 23 heavy (non-hydrogen) atoms. The number of aryl methyl sites for hydroxylation is 2. The minimum absolute atomic E-state index is 0.150. The molecule has 1 aromatic heterocycles. The fraction of sp³-hybridized carbons (Fsp3) is 0.176. The number of tetrazole rings is 1. The number of aromatic nitrogens is 4. The van der Waals surface area contributed by atoms with E-state index in [1.54, 1.807) is 16.8 Å². The van der Waals surface area contributed by atoms with Gasteiger partial charge in [0.25, 0.3) is 5.91 Å². The molecule has 0 bridgehead atoms. The first kappa shape index (κ1) is 14.9. The Morgan fingerprint density at radius 1 is 1.00 bits per heavy atom. The van der Waals surface area contributed by atoms with Crippen molar-refractivity contribution in [3.05, 3.63) is 71.0 Å². The predicted molar refractivity (Wildman–Crippen MR) is 86.2 cm³/mol. The van der Waals surface area contributed by atoms with Crippen LogP contribution in [0.1, 0.15) is 27.3 Å². The highest BCUT2D eigenvalue weighted by molar-refractivity contribution is 5.94. The van der Waals surface area contributed by atoms with Crippen molar-refractivity contribution >= 4 is 5.91 Å². The lowest BCUT2D eigenvalue weighted by molar-refractivity contribution is 0.0949. The molecule has 3 aromatic rings. The highest BCUT2D eigenvalue weighted by Crippen LogP contribution is 2.09. The van der Waals surface area contributed by atoms with Crippen LogP contribution in [0.5, 0.6) is 0 Å². The maximum atomic E-state index is 12.2. The van der Waals surface area contributed by atoms with Crippen molar-refractivity contribution in [2.45, 2.75) is 20.4 Å². The molecule has 0 atom stereocenters. The van der Waals surface area contributed by atoms with E-state index in [-0.39, 0.29) is 12.5 Å². The van der Waals surface area contributed by atoms with Gasteiger partial charge in [-0.2, -0.15) is 4.68 Å². The number of nitrogens with zero attached hydrogens (tertiary/aromatic N) is 4. The highest BCUT2D eigenvalue weighted by Gasteiger charge is 2.11. The lowest BCUT2D eigenvalue weighted by Crippen LogP contribution is -2.24. The van der Waals surface area contributed by atoms with Crippen LogP contribution in [0.3, 0.4) is 0 Å². The molecule has 6 heteroatoms. The Kier molecular flexibility index (Phi) is 4.14. The average molecular weight is 307 g/mol. The molecule has 1 amide bonds. The number of carbonyl (C=O) groups is 1. The van der Waals surface area contributed by atoms with Crippen LogP contribution in [0.25, 0.3) is 5.69 Å². The van der Waals surface area contributed by atoms with Gasteiger partial charge in [-0.05, 0) is 48.5 Å². The molecule has 116 valence electrons. The molecular weight excluding hydrogens is 290 g/mol. The highest BCUT2D eigenvalue weighted by atomic mass is 16.1. The molecule has 0 aliphatic rings. The van der Waals surface area contributed by atoms with E-state index < -0.39 is 0 Å². The second-order valence-electron chi connectivity index (χ2n) is 5.39. The molecule has 3 rings (SSSR count).